The van der Waals surface area contributed by atoms with E-state index in [-0.39, 0.29) is 30.0 Å². The van der Waals surface area contributed by atoms with Crippen LogP contribution in [-0.2, 0) is 11.2 Å². The van der Waals surface area contributed by atoms with E-state index >= 15 is 0 Å². The molecule has 1 aromatic carbocycles. The van der Waals surface area contributed by atoms with Crippen LogP contribution in [0.2, 0.25) is 0 Å². The molecule has 1 fully saturated rings. The Morgan fingerprint density at radius 3 is 2.44 bits per heavy atom. The van der Waals surface area contributed by atoms with Gasteiger partial charge in [0.05, 0.1) is 36.7 Å². The highest BCUT2D eigenvalue weighted by atomic mass is 19.1. The van der Waals surface area contributed by atoms with Crippen molar-refractivity contribution in [1.82, 2.24) is 19.9 Å². The number of amides is 1. The molecule has 0 atom stereocenters. The molecule has 9 nitrogen and oxygen atoms in total. The number of piperazine rings is 1. The van der Waals surface area contributed by atoms with Gasteiger partial charge in [-0.25, -0.2) is 23.5 Å². The van der Waals surface area contributed by atoms with Crippen LogP contribution in [0.4, 0.5) is 25.0 Å². The predicted octanol–water partition coefficient (Wildman–Crippen LogP) is 5.07. The van der Waals surface area contributed by atoms with Gasteiger partial charge in [-0.05, 0) is 58.9 Å². The van der Waals surface area contributed by atoms with Crippen LogP contribution in [0, 0.1) is 11.6 Å². The number of halogens is 2. The smallest absolute Gasteiger partial charge is 0.410 e. The molecule has 11 heteroatoms. The predicted molar refractivity (Wildman–Crippen MR) is 152 cm³/mol. The second-order valence-electron chi connectivity index (χ2n) is 11.6. The standard InChI is InChI=1S/C30H36F2N6O3/c1-19(2)38-12-13-40-28-23(31)14-20(15-25(28)38)27-24(32)18-34-26(35-27)16-21-6-7-22(17-33-21)36-8-10-37(11-9-36)29(39)41-30(3,4)5/h6-7,14-15,17-19H,8-13,16H2,1-5H3. The summed E-state index contributed by atoms with van der Waals surface area (Å²) in [5, 5.41) is 0. The third-order valence-electron chi connectivity index (χ3n) is 7.05. The number of benzene rings is 1. The number of hydrogen-bond donors (Lipinski definition) is 0. The molecule has 2 aliphatic rings. The number of pyridine rings is 1. The van der Waals surface area contributed by atoms with Crippen LogP contribution < -0.4 is 14.5 Å². The summed E-state index contributed by atoms with van der Waals surface area (Å²) in [7, 11) is 0. The molecule has 1 saturated heterocycles. The van der Waals surface area contributed by atoms with Crippen molar-refractivity contribution in [3.63, 3.8) is 0 Å². The zero-order chi connectivity index (χ0) is 29.3. The lowest BCUT2D eigenvalue weighted by molar-refractivity contribution is 0.0240. The molecular formula is C30H36F2N6O3. The molecule has 2 aromatic heterocycles. The second-order valence-corrected chi connectivity index (χ2v) is 11.6. The molecule has 0 spiro atoms. The summed E-state index contributed by atoms with van der Waals surface area (Å²) in [5.41, 5.74) is 2.08. The molecule has 0 bridgehead atoms. The second kappa shape index (κ2) is 11.5. The fourth-order valence-corrected chi connectivity index (χ4v) is 5.01. The highest BCUT2D eigenvalue weighted by molar-refractivity contribution is 5.72. The zero-order valence-corrected chi connectivity index (χ0v) is 24.2. The van der Waals surface area contributed by atoms with Crippen LogP contribution in [0.3, 0.4) is 0 Å². The minimum absolute atomic E-state index is 0.0328. The Morgan fingerprint density at radius 2 is 1.78 bits per heavy atom. The third-order valence-corrected chi connectivity index (χ3v) is 7.05. The Morgan fingerprint density at radius 1 is 1.02 bits per heavy atom. The Labute approximate surface area is 239 Å². The molecule has 3 aromatic rings. The van der Waals surface area contributed by atoms with E-state index in [1.165, 1.54) is 6.07 Å². The summed E-state index contributed by atoms with van der Waals surface area (Å²) in [6.07, 6.45) is 2.88. The van der Waals surface area contributed by atoms with Gasteiger partial charge < -0.3 is 24.2 Å². The van der Waals surface area contributed by atoms with E-state index in [2.05, 4.69) is 19.9 Å². The van der Waals surface area contributed by atoms with Crippen molar-refractivity contribution >= 4 is 17.5 Å². The average molecular weight is 567 g/mol. The van der Waals surface area contributed by atoms with Gasteiger partial charge in [0.2, 0.25) is 0 Å². The number of anilines is 2. The topological polar surface area (TPSA) is 83.9 Å². The van der Waals surface area contributed by atoms with Crippen LogP contribution in [-0.4, -0.2) is 76.9 Å². The maximum atomic E-state index is 15.0. The van der Waals surface area contributed by atoms with E-state index in [0.29, 0.717) is 56.4 Å². The molecule has 5 rings (SSSR count). The Kier molecular flexibility index (Phi) is 7.97. The summed E-state index contributed by atoms with van der Waals surface area (Å²) in [5.74, 6) is -0.622. The lowest BCUT2D eigenvalue weighted by Gasteiger charge is -2.36. The SMILES string of the molecule is CC(C)N1CCOc2c(F)cc(-c3nc(Cc4ccc(N5CCN(C(=O)OC(C)(C)C)CC5)cn4)ncc3F)cc21. The molecule has 218 valence electrons. The number of carbonyl (C=O) groups is 1. The number of aromatic nitrogens is 3. The van der Waals surface area contributed by atoms with Gasteiger partial charge in [-0.2, -0.15) is 0 Å². The first-order valence-corrected chi connectivity index (χ1v) is 13.9. The fourth-order valence-electron chi connectivity index (χ4n) is 5.01. The van der Waals surface area contributed by atoms with Crippen LogP contribution in [0.25, 0.3) is 11.3 Å². The van der Waals surface area contributed by atoms with E-state index in [1.807, 2.05) is 51.7 Å². The molecule has 0 radical (unpaired) electrons. The van der Waals surface area contributed by atoms with E-state index in [0.717, 1.165) is 17.6 Å². The van der Waals surface area contributed by atoms with Crippen molar-refractivity contribution in [3.8, 4) is 17.0 Å². The fraction of sp³-hybridized carbons (Fsp3) is 0.467. The summed E-state index contributed by atoms with van der Waals surface area (Å²) < 4.78 is 40.9. The van der Waals surface area contributed by atoms with E-state index < -0.39 is 17.2 Å². The molecule has 4 heterocycles. The van der Waals surface area contributed by atoms with Gasteiger partial charge >= 0.3 is 6.09 Å². The van der Waals surface area contributed by atoms with Crippen molar-refractivity contribution in [2.75, 3.05) is 49.1 Å². The number of nitrogens with zero attached hydrogens (tertiary/aromatic N) is 6. The molecule has 0 unspecified atom stereocenters. The molecule has 0 aliphatic carbocycles. The molecule has 0 saturated carbocycles. The first kappa shape index (κ1) is 28.5. The summed E-state index contributed by atoms with van der Waals surface area (Å²) >= 11 is 0. The minimum Gasteiger partial charge on any atom is -0.486 e. The number of hydrogen-bond acceptors (Lipinski definition) is 8. The average Bonchev–Trinajstić information content (AvgIpc) is 2.93. The van der Waals surface area contributed by atoms with Crippen LogP contribution in [0.1, 0.15) is 46.1 Å². The largest absolute Gasteiger partial charge is 0.486 e. The normalized spacial score (nSPS) is 15.6. The Hall–Kier alpha value is -4.02. The highest BCUT2D eigenvalue weighted by Crippen LogP contribution is 2.39. The van der Waals surface area contributed by atoms with Crippen molar-refractivity contribution in [2.45, 2.75) is 52.7 Å². The van der Waals surface area contributed by atoms with Crippen molar-refractivity contribution in [2.24, 2.45) is 0 Å². The van der Waals surface area contributed by atoms with E-state index in [4.69, 9.17) is 9.47 Å². The van der Waals surface area contributed by atoms with Gasteiger partial charge in [-0.1, -0.05) is 0 Å². The third kappa shape index (κ3) is 6.49. The number of rotatable bonds is 5. The van der Waals surface area contributed by atoms with Gasteiger partial charge in [0.15, 0.2) is 17.4 Å². The minimum atomic E-state index is -0.630. The highest BCUT2D eigenvalue weighted by Gasteiger charge is 2.27. The molecule has 41 heavy (non-hydrogen) atoms. The van der Waals surface area contributed by atoms with E-state index in [9.17, 15) is 13.6 Å². The maximum Gasteiger partial charge on any atom is 0.410 e. The van der Waals surface area contributed by atoms with Gasteiger partial charge in [0, 0.05) is 43.5 Å². The quantitative estimate of drug-likeness (QED) is 0.423. The number of fused-ring (bicyclic) bond motifs is 1. The monoisotopic (exact) mass is 566 g/mol. The van der Waals surface area contributed by atoms with Crippen LogP contribution >= 0.6 is 0 Å². The molecule has 1 amide bonds. The van der Waals surface area contributed by atoms with Crippen LogP contribution in [0.15, 0.2) is 36.7 Å². The van der Waals surface area contributed by atoms with Gasteiger partial charge in [0.25, 0.3) is 0 Å². The van der Waals surface area contributed by atoms with Crippen molar-refractivity contribution in [1.29, 1.82) is 0 Å². The van der Waals surface area contributed by atoms with Gasteiger partial charge in [-0.15, -0.1) is 0 Å². The van der Waals surface area contributed by atoms with Crippen LogP contribution in [0.5, 0.6) is 5.75 Å². The zero-order valence-electron chi connectivity index (χ0n) is 24.2. The van der Waals surface area contributed by atoms with Crippen molar-refractivity contribution < 1.29 is 23.0 Å². The summed E-state index contributed by atoms with van der Waals surface area (Å²) in [6.45, 7) is 13.1. The van der Waals surface area contributed by atoms with Crippen molar-refractivity contribution in [3.05, 3.63) is 59.8 Å². The first-order valence-electron chi connectivity index (χ1n) is 13.9. The molecule has 0 N–H and O–H groups in total. The number of carbonyl (C=O) groups excluding carboxylic acids is 1. The maximum absolute atomic E-state index is 15.0. The summed E-state index contributed by atoms with van der Waals surface area (Å²) in [6, 6.07) is 6.96. The van der Waals surface area contributed by atoms with Gasteiger partial charge in [0.1, 0.15) is 23.7 Å². The first-order chi connectivity index (χ1) is 19.5. The summed E-state index contributed by atoms with van der Waals surface area (Å²) in [4.78, 5) is 31.4. The molecular weight excluding hydrogens is 530 g/mol. The lowest BCUT2D eigenvalue weighted by Crippen LogP contribution is -2.50. The Bertz CT molecular complexity index is 1400. The Balaban J connectivity index is 1.28. The number of ether oxygens (including phenoxy) is 2. The van der Waals surface area contributed by atoms with E-state index in [1.54, 1.807) is 17.2 Å². The van der Waals surface area contributed by atoms with Gasteiger partial charge in [-0.3, -0.25) is 4.98 Å². The lowest BCUT2D eigenvalue weighted by atomic mass is 10.1. The molecule has 2 aliphatic heterocycles.